The molecule has 1 aromatic heterocycles. The van der Waals surface area contributed by atoms with Crippen molar-refractivity contribution in [3.8, 4) is 0 Å². The predicted molar refractivity (Wildman–Crippen MR) is 87.2 cm³/mol. The third-order valence-electron chi connectivity index (χ3n) is 3.35. The largest absolute Gasteiger partial charge is 0.463 e. The highest BCUT2D eigenvalue weighted by Crippen LogP contribution is 2.28. The molecule has 1 unspecified atom stereocenters. The third kappa shape index (κ3) is 4.46. The van der Waals surface area contributed by atoms with Crippen LogP contribution in [0.25, 0.3) is 6.08 Å². The van der Waals surface area contributed by atoms with E-state index in [1.54, 1.807) is 12.1 Å². The fourth-order valence-corrected chi connectivity index (χ4v) is 2.08. The van der Waals surface area contributed by atoms with E-state index >= 15 is 0 Å². The minimum absolute atomic E-state index is 0.0872. The lowest BCUT2D eigenvalue weighted by Gasteiger charge is -2.08. The maximum absolute atomic E-state index is 12.5. The molecule has 0 radical (unpaired) electrons. The minimum Gasteiger partial charge on any atom is -0.463 e. The molecule has 9 heteroatoms. The van der Waals surface area contributed by atoms with Gasteiger partial charge in [0.25, 0.3) is 6.02 Å². The summed E-state index contributed by atoms with van der Waals surface area (Å²) in [5, 5.41) is 2.84. The normalized spacial score (nSPS) is 17.4. The van der Waals surface area contributed by atoms with Crippen LogP contribution in [0.3, 0.4) is 0 Å². The molecule has 1 aliphatic rings. The molecule has 0 spiro atoms. The van der Waals surface area contributed by atoms with Gasteiger partial charge in [0.1, 0.15) is 12.6 Å². The summed E-state index contributed by atoms with van der Waals surface area (Å²) in [6.45, 7) is 0.424. The Morgan fingerprint density at radius 3 is 2.40 bits per heavy atom. The van der Waals surface area contributed by atoms with Crippen molar-refractivity contribution in [2.45, 2.75) is 12.2 Å². The van der Waals surface area contributed by atoms with Gasteiger partial charge < -0.3 is 15.8 Å². The standard InChI is InChI=1S/C16H14F3N5O/c17-16(18,19)11-7-21-15(22-8-11)24-12-4-1-10(2-5-12)3-6-13-9-25-14(20)23-13/h1-8,13H,9H2,(H2,20,23)(H,21,22,24). The van der Waals surface area contributed by atoms with E-state index in [9.17, 15) is 13.2 Å². The number of benzene rings is 1. The summed E-state index contributed by atoms with van der Waals surface area (Å²) in [5.41, 5.74) is 6.13. The Labute approximate surface area is 141 Å². The van der Waals surface area contributed by atoms with Crippen LogP contribution in [0.1, 0.15) is 11.1 Å². The van der Waals surface area contributed by atoms with Crippen LogP contribution in [0.2, 0.25) is 0 Å². The second-order valence-corrected chi connectivity index (χ2v) is 5.24. The molecule has 1 atom stereocenters. The van der Waals surface area contributed by atoms with E-state index in [1.807, 2.05) is 24.3 Å². The lowest BCUT2D eigenvalue weighted by molar-refractivity contribution is -0.138. The molecular formula is C16H14F3N5O. The number of nitrogens with one attached hydrogen (secondary N) is 1. The van der Waals surface area contributed by atoms with E-state index in [2.05, 4.69) is 20.3 Å². The quantitative estimate of drug-likeness (QED) is 0.886. The van der Waals surface area contributed by atoms with Crippen LogP contribution in [0, 0.1) is 0 Å². The number of alkyl halides is 3. The highest BCUT2D eigenvalue weighted by atomic mass is 19.4. The van der Waals surface area contributed by atoms with Gasteiger partial charge in [0, 0.05) is 18.1 Å². The minimum atomic E-state index is -4.45. The van der Waals surface area contributed by atoms with Crippen molar-refractivity contribution in [2.24, 2.45) is 10.7 Å². The van der Waals surface area contributed by atoms with Crippen molar-refractivity contribution in [3.63, 3.8) is 0 Å². The number of hydrogen-bond donors (Lipinski definition) is 2. The Hall–Kier alpha value is -3.10. The molecule has 3 N–H and O–H groups in total. The first-order chi connectivity index (χ1) is 11.9. The molecule has 130 valence electrons. The fraction of sp³-hybridized carbons (Fsp3) is 0.188. The van der Waals surface area contributed by atoms with Crippen LogP contribution in [-0.2, 0) is 10.9 Å². The van der Waals surface area contributed by atoms with E-state index in [0.717, 1.165) is 18.0 Å². The molecule has 2 heterocycles. The monoisotopic (exact) mass is 349 g/mol. The third-order valence-corrected chi connectivity index (χ3v) is 3.35. The van der Waals surface area contributed by atoms with Crippen LogP contribution in [0.5, 0.6) is 0 Å². The molecule has 25 heavy (non-hydrogen) atoms. The second-order valence-electron chi connectivity index (χ2n) is 5.24. The highest BCUT2D eigenvalue weighted by molar-refractivity contribution is 5.73. The summed E-state index contributed by atoms with van der Waals surface area (Å²) in [6.07, 6.45) is 0.784. The topological polar surface area (TPSA) is 85.4 Å². The summed E-state index contributed by atoms with van der Waals surface area (Å²) in [6, 6.07) is 7.30. The van der Waals surface area contributed by atoms with Gasteiger partial charge in [-0.05, 0) is 17.7 Å². The lowest BCUT2D eigenvalue weighted by Crippen LogP contribution is -2.10. The van der Waals surface area contributed by atoms with Crippen molar-refractivity contribution < 1.29 is 17.9 Å². The number of nitrogens with two attached hydrogens (primary N) is 1. The van der Waals surface area contributed by atoms with Crippen LogP contribution in [0.15, 0.2) is 47.7 Å². The second kappa shape index (κ2) is 6.80. The number of aromatic nitrogens is 2. The SMILES string of the molecule is NC1=NC(C=Cc2ccc(Nc3ncc(C(F)(F)F)cn3)cc2)CO1. The van der Waals surface area contributed by atoms with Crippen LogP contribution < -0.4 is 11.1 Å². The maximum Gasteiger partial charge on any atom is 0.419 e. The maximum atomic E-state index is 12.5. The molecule has 0 fully saturated rings. The van der Waals surface area contributed by atoms with Crippen molar-refractivity contribution in [1.82, 2.24) is 9.97 Å². The number of ether oxygens (including phenoxy) is 1. The number of nitrogens with zero attached hydrogens (tertiary/aromatic N) is 3. The molecule has 0 saturated carbocycles. The van der Waals surface area contributed by atoms with Gasteiger partial charge in [0.2, 0.25) is 5.95 Å². The van der Waals surface area contributed by atoms with E-state index in [4.69, 9.17) is 10.5 Å². The van der Waals surface area contributed by atoms with E-state index in [-0.39, 0.29) is 18.0 Å². The van der Waals surface area contributed by atoms with E-state index in [1.165, 1.54) is 0 Å². The molecule has 0 aliphatic carbocycles. The summed E-state index contributed by atoms with van der Waals surface area (Å²) in [5.74, 6) is 0.0872. The van der Waals surface area contributed by atoms with Gasteiger partial charge in [0.15, 0.2) is 0 Å². The van der Waals surface area contributed by atoms with Gasteiger partial charge in [-0.1, -0.05) is 24.3 Å². The summed E-state index contributed by atoms with van der Waals surface area (Å²) < 4.78 is 42.5. The molecule has 6 nitrogen and oxygen atoms in total. The zero-order chi connectivity index (χ0) is 17.9. The summed E-state index contributed by atoms with van der Waals surface area (Å²) in [7, 11) is 0. The molecule has 0 saturated heterocycles. The first-order valence-electron chi connectivity index (χ1n) is 7.31. The van der Waals surface area contributed by atoms with Gasteiger partial charge in [-0.3, -0.25) is 0 Å². The number of amidine groups is 1. The molecular weight excluding hydrogens is 335 g/mol. The average Bonchev–Trinajstić information content (AvgIpc) is 2.99. The van der Waals surface area contributed by atoms with Gasteiger partial charge in [-0.2, -0.15) is 13.2 Å². The van der Waals surface area contributed by atoms with Gasteiger partial charge in [-0.25, -0.2) is 15.0 Å². The van der Waals surface area contributed by atoms with Crippen LogP contribution in [-0.4, -0.2) is 28.6 Å². The molecule has 2 aromatic rings. The molecule has 3 rings (SSSR count). The van der Waals surface area contributed by atoms with Crippen molar-refractivity contribution in [3.05, 3.63) is 53.9 Å². The Balaban J connectivity index is 1.62. The van der Waals surface area contributed by atoms with Crippen LogP contribution >= 0.6 is 0 Å². The molecule has 0 bridgehead atoms. The zero-order valence-electron chi connectivity index (χ0n) is 12.9. The first kappa shape index (κ1) is 16.7. The lowest BCUT2D eigenvalue weighted by atomic mass is 10.1. The average molecular weight is 349 g/mol. The highest BCUT2D eigenvalue weighted by Gasteiger charge is 2.31. The number of hydrogen-bond acceptors (Lipinski definition) is 6. The Kier molecular flexibility index (Phi) is 4.55. The number of anilines is 2. The van der Waals surface area contributed by atoms with Crippen molar-refractivity contribution in [2.75, 3.05) is 11.9 Å². The van der Waals surface area contributed by atoms with Crippen molar-refractivity contribution >= 4 is 23.7 Å². The number of rotatable bonds is 4. The summed E-state index contributed by atoms with van der Waals surface area (Å²) in [4.78, 5) is 11.4. The number of aliphatic imine (C=N–C) groups is 1. The van der Waals surface area contributed by atoms with Gasteiger partial charge in [-0.15, -0.1) is 0 Å². The van der Waals surface area contributed by atoms with Crippen molar-refractivity contribution in [1.29, 1.82) is 0 Å². The van der Waals surface area contributed by atoms with E-state index in [0.29, 0.717) is 12.3 Å². The number of halogens is 3. The predicted octanol–water partition coefficient (Wildman–Crippen LogP) is 2.97. The Morgan fingerprint density at radius 1 is 1.16 bits per heavy atom. The molecule has 1 aromatic carbocycles. The Morgan fingerprint density at radius 2 is 1.84 bits per heavy atom. The van der Waals surface area contributed by atoms with E-state index < -0.39 is 11.7 Å². The smallest absolute Gasteiger partial charge is 0.419 e. The summed E-state index contributed by atoms with van der Waals surface area (Å²) >= 11 is 0. The van der Waals surface area contributed by atoms with Gasteiger partial charge >= 0.3 is 6.18 Å². The zero-order valence-corrected chi connectivity index (χ0v) is 12.9. The van der Waals surface area contributed by atoms with Crippen LogP contribution in [0.4, 0.5) is 24.8 Å². The molecule has 1 aliphatic heterocycles. The fourth-order valence-electron chi connectivity index (χ4n) is 2.08. The Bertz CT molecular complexity index is 785. The first-order valence-corrected chi connectivity index (χ1v) is 7.31. The molecule has 0 amide bonds. The van der Waals surface area contributed by atoms with Gasteiger partial charge in [0.05, 0.1) is 5.56 Å².